The van der Waals surface area contributed by atoms with Crippen molar-refractivity contribution in [3.8, 4) is 11.1 Å². The van der Waals surface area contributed by atoms with Crippen LogP contribution in [0, 0.1) is 17.7 Å². The van der Waals surface area contributed by atoms with Crippen molar-refractivity contribution in [2.75, 3.05) is 19.6 Å². The zero-order valence-corrected chi connectivity index (χ0v) is 18.8. The Labute approximate surface area is 194 Å². The van der Waals surface area contributed by atoms with Crippen molar-refractivity contribution in [3.05, 3.63) is 95.8 Å². The molecule has 0 spiro atoms. The minimum absolute atomic E-state index is 0.111. The van der Waals surface area contributed by atoms with E-state index in [0.29, 0.717) is 23.9 Å². The number of rotatable bonds is 7. The fraction of sp³-hybridized carbons (Fsp3) is 0.345. The Kier molecular flexibility index (Phi) is 6.13. The van der Waals surface area contributed by atoms with E-state index in [4.69, 9.17) is 0 Å². The number of ketones is 1. The second-order valence-electron chi connectivity index (χ2n) is 9.84. The Morgan fingerprint density at radius 3 is 2.27 bits per heavy atom. The summed E-state index contributed by atoms with van der Waals surface area (Å²) in [7, 11) is 0. The Balaban J connectivity index is 1.14. The maximum absolute atomic E-state index is 13.5. The zero-order chi connectivity index (χ0) is 22.8. The molecule has 1 heterocycles. The highest BCUT2D eigenvalue weighted by Crippen LogP contribution is 2.45. The Morgan fingerprint density at radius 1 is 0.909 bits per heavy atom. The number of Topliss-reactive ketones (excluding diaryl/α,β-unsaturated/α-hetero) is 1. The number of aryl methyl sites for hydroxylation is 1. The molecule has 1 N–H and O–H groups in total. The Morgan fingerprint density at radius 2 is 1.61 bits per heavy atom. The van der Waals surface area contributed by atoms with Gasteiger partial charge in [0.2, 0.25) is 0 Å². The minimum Gasteiger partial charge on any atom is -0.390 e. The van der Waals surface area contributed by atoms with Crippen LogP contribution in [0.25, 0.3) is 11.1 Å². The Hall–Kier alpha value is -2.82. The molecule has 0 aromatic heterocycles. The summed E-state index contributed by atoms with van der Waals surface area (Å²) < 4.78 is 13.5. The van der Waals surface area contributed by atoms with Gasteiger partial charge in [-0.3, -0.25) is 9.69 Å². The summed E-state index contributed by atoms with van der Waals surface area (Å²) in [5.74, 6) is 0.780. The first-order valence-electron chi connectivity index (χ1n) is 11.9. The predicted octanol–water partition coefficient (Wildman–Crippen LogP) is 5.38. The van der Waals surface area contributed by atoms with Crippen LogP contribution < -0.4 is 0 Å². The van der Waals surface area contributed by atoms with E-state index < -0.39 is 5.60 Å². The van der Waals surface area contributed by atoms with Crippen LogP contribution in [-0.4, -0.2) is 41.0 Å². The molecule has 2 aliphatic rings. The lowest BCUT2D eigenvalue weighted by atomic mass is 9.91. The summed E-state index contributed by atoms with van der Waals surface area (Å²) in [4.78, 5) is 15.1. The first-order chi connectivity index (χ1) is 16.0. The van der Waals surface area contributed by atoms with Gasteiger partial charge in [-0.05, 0) is 66.3 Å². The number of likely N-dealkylation sites (tertiary alicyclic amines) is 1. The molecule has 0 radical (unpaired) electrons. The van der Waals surface area contributed by atoms with Crippen molar-refractivity contribution in [3.63, 3.8) is 0 Å². The van der Waals surface area contributed by atoms with E-state index in [1.807, 2.05) is 48.5 Å². The molecule has 33 heavy (non-hydrogen) atoms. The van der Waals surface area contributed by atoms with Crippen LogP contribution in [0.1, 0.15) is 35.2 Å². The lowest BCUT2D eigenvalue weighted by molar-refractivity contribution is 0.0271. The molecule has 3 aromatic carbocycles. The molecule has 3 atom stereocenters. The fourth-order valence-corrected chi connectivity index (χ4v) is 5.72. The molecule has 0 bridgehead atoms. The molecule has 1 aliphatic heterocycles. The highest BCUT2D eigenvalue weighted by atomic mass is 19.1. The molecular weight excluding hydrogens is 413 g/mol. The van der Waals surface area contributed by atoms with Gasteiger partial charge in [0.05, 0.1) is 12.1 Å². The quantitative estimate of drug-likeness (QED) is 0.499. The fourth-order valence-electron chi connectivity index (χ4n) is 5.72. The third kappa shape index (κ3) is 5.07. The summed E-state index contributed by atoms with van der Waals surface area (Å²) in [5, 5.41) is 11.1. The molecule has 3 aromatic rings. The molecule has 4 heteroatoms. The maximum atomic E-state index is 13.5. The van der Waals surface area contributed by atoms with Crippen LogP contribution in [0.2, 0.25) is 0 Å². The van der Waals surface area contributed by atoms with E-state index in [1.54, 1.807) is 6.07 Å². The summed E-state index contributed by atoms with van der Waals surface area (Å²) >= 11 is 0. The van der Waals surface area contributed by atoms with Gasteiger partial charge in [0.1, 0.15) is 5.82 Å². The molecule has 1 saturated heterocycles. The first kappa shape index (κ1) is 22.0. The lowest BCUT2D eigenvalue weighted by Crippen LogP contribution is -2.33. The van der Waals surface area contributed by atoms with E-state index in [1.165, 1.54) is 17.7 Å². The van der Waals surface area contributed by atoms with Crippen LogP contribution in [0.4, 0.5) is 4.39 Å². The second kappa shape index (κ2) is 9.20. The van der Waals surface area contributed by atoms with Crippen LogP contribution in [0.3, 0.4) is 0 Å². The van der Waals surface area contributed by atoms with Crippen molar-refractivity contribution in [1.82, 2.24) is 4.90 Å². The normalized spacial score (nSPS) is 24.7. The zero-order valence-electron chi connectivity index (χ0n) is 18.8. The standard InChI is InChI=1S/C29H30FNO2/c30-27-8-4-7-24(15-27)22-9-11-23(12-10-22)28(32)20-31-18-25-16-29(33,17-26(25)19-31)14-13-21-5-2-1-3-6-21/h1-12,15,25-26,33H,13-14,16-20H2/t25-,26+,29-. The maximum Gasteiger partial charge on any atom is 0.176 e. The van der Waals surface area contributed by atoms with Gasteiger partial charge in [0, 0.05) is 18.7 Å². The number of carbonyl (C=O) groups excluding carboxylic acids is 1. The summed E-state index contributed by atoms with van der Waals surface area (Å²) in [5.41, 5.74) is 3.09. The smallest absolute Gasteiger partial charge is 0.176 e. The van der Waals surface area contributed by atoms with Crippen molar-refractivity contribution < 1.29 is 14.3 Å². The number of carbonyl (C=O) groups is 1. The number of halogens is 1. The number of hydrogen-bond donors (Lipinski definition) is 1. The summed E-state index contributed by atoms with van der Waals surface area (Å²) in [6, 6.07) is 24.3. The lowest BCUT2D eigenvalue weighted by Gasteiger charge is -2.26. The molecule has 1 aliphatic carbocycles. The van der Waals surface area contributed by atoms with E-state index in [-0.39, 0.29) is 11.6 Å². The number of nitrogens with zero attached hydrogens (tertiary/aromatic N) is 1. The summed E-state index contributed by atoms with van der Waals surface area (Å²) in [6.45, 7) is 2.17. The third-order valence-corrected chi connectivity index (χ3v) is 7.39. The van der Waals surface area contributed by atoms with Crippen LogP contribution in [-0.2, 0) is 6.42 Å². The molecule has 5 rings (SSSR count). The van der Waals surface area contributed by atoms with Crippen LogP contribution >= 0.6 is 0 Å². The van der Waals surface area contributed by atoms with E-state index in [2.05, 4.69) is 17.0 Å². The monoisotopic (exact) mass is 443 g/mol. The van der Waals surface area contributed by atoms with Crippen molar-refractivity contribution in [2.45, 2.75) is 31.3 Å². The molecule has 0 unspecified atom stereocenters. The van der Waals surface area contributed by atoms with E-state index >= 15 is 0 Å². The molecular formula is C29H30FNO2. The van der Waals surface area contributed by atoms with Crippen LogP contribution in [0.5, 0.6) is 0 Å². The second-order valence-corrected chi connectivity index (χ2v) is 9.84. The molecule has 1 saturated carbocycles. The van der Waals surface area contributed by atoms with Crippen molar-refractivity contribution in [1.29, 1.82) is 0 Å². The minimum atomic E-state index is -0.575. The highest BCUT2D eigenvalue weighted by molar-refractivity contribution is 5.98. The summed E-state index contributed by atoms with van der Waals surface area (Å²) in [6.07, 6.45) is 3.38. The number of fused-ring (bicyclic) bond motifs is 1. The van der Waals surface area contributed by atoms with Gasteiger partial charge >= 0.3 is 0 Å². The van der Waals surface area contributed by atoms with Crippen molar-refractivity contribution in [2.24, 2.45) is 11.8 Å². The largest absolute Gasteiger partial charge is 0.390 e. The average molecular weight is 444 g/mol. The van der Waals surface area contributed by atoms with Gasteiger partial charge in [-0.1, -0.05) is 66.7 Å². The third-order valence-electron chi connectivity index (χ3n) is 7.39. The molecule has 0 amide bonds. The van der Waals surface area contributed by atoms with Gasteiger partial charge in [-0.2, -0.15) is 0 Å². The average Bonchev–Trinajstić information content (AvgIpc) is 3.33. The van der Waals surface area contributed by atoms with Crippen molar-refractivity contribution >= 4 is 5.78 Å². The number of aliphatic hydroxyl groups is 1. The Bertz CT molecular complexity index is 1100. The molecule has 2 fully saturated rings. The van der Waals surface area contributed by atoms with Gasteiger partial charge in [-0.25, -0.2) is 4.39 Å². The number of hydrogen-bond acceptors (Lipinski definition) is 3. The van der Waals surface area contributed by atoms with Crippen LogP contribution in [0.15, 0.2) is 78.9 Å². The van der Waals surface area contributed by atoms with Gasteiger partial charge in [0.15, 0.2) is 5.78 Å². The molecule has 170 valence electrons. The topological polar surface area (TPSA) is 40.5 Å². The van der Waals surface area contributed by atoms with Gasteiger partial charge in [0.25, 0.3) is 0 Å². The number of benzene rings is 3. The predicted molar refractivity (Wildman–Crippen MR) is 129 cm³/mol. The highest BCUT2D eigenvalue weighted by Gasteiger charge is 2.47. The van der Waals surface area contributed by atoms with Gasteiger partial charge in [-0.15, -0.1) is 0 Å². The first-order valence-corrected chi connectivity index (χ1v) is 11.9. The van der Waals surface area contributed by atoms with E-state index in [0.717, 1.165) is 49.9 Å². The molecule has 3 nitrogen and oxygen atoms in total. The SMILES string of the molecule is O=C(CN1C[C@@H]2C[C@@](O)(CCc3ccccc3)C[C@@H]2C1)c1ccc(-c2cccc(F)c2)cc1. The van der Waals surface area contributed by atoms with Gasteiger partial charge < -0.3 is 5.11 Å². The van der Waals surface area contributed by atoms with E-state index in [9.17, 15) is 14.3 Å².